The summed E-state index contributed by atoms with van der Waals surface area (Å²) >= 11 is 5.00. The Balaban J connectivity index is 5.08. The largest absolute Gasteiger partial charge is 0.479 e. The molecule has 9 N–H and O–H groups in total. The molecule has 0 spiro atoms. The third-order valence-electron chi connectivity index (χ3n) is 4.04. The van der Waals surface area contributed by atoms with Crippen molar-refractivity contribution in [3.05, 3.63) is 0 Å². The number of carboxylic acids is 1. The van der Waals surface area contributed by atoms with Gasteiger partial charge in [-0.25, -0.2) is 4.79 Å². The lowest BCUT2D eigenvalue weighted by Crippen LogP contribution is -2.58. The van der Waals surface area contributed by atoms with Crippen LogP contribution in [-0.4, -0.2) is 93.5 Å². The van der Waals surface area contributed by atoms with E-state index in [0.29, 0.717) is 0 Å². The van der Waals surface area contributed by atoms with Gasteiger partial charge >= 0.3 is 5.97 Å². The van der Waals surface area contributed by atoms with Gasteiger partial charge in [0.25, 0.3) is 0 Å². The van der Waals surface area contributed by atoms with Crippen LogP contribution in [0.2, 0.25) is 0 Å². The van der Waals surface area contributed by atoms with E-state index in [0.717, 1.165) is 11.8 Å². The number of primary amides is 1. The summed E-state index contributed by atoms with van der Waals surface area (Å²) in [7, 11) is 0. The minimum absolute atomic E-state index is 0.187. The number of aliphatic hydroxyl groups is 1. The normalized spacial score (nSPS) is 14.6. The molecular weight excluding hydrogens is 492 g/mol. The van der Waals surface area contributed by atoms with Crippen molar-refractivity contribution >= 4 is 59.9 Å². The van der Waals surface area contributed by atoms with Crippen LogP contribution >= 0.6 is 24.4 Å². The minimum atomic E-state index is -1.50. The van der Waals surface area contributed by atoms with Crippen LogP contribution in [-0.2, 0) is 28.8 Å². The zero-order chi connectivity index (χ0) is 26.6. The maximum Gasteiger partial charge on any atom is 0.336 e. The van der Waals surface area contributed by atoms with E-state index in [9.17, 15) is 33.9 Å². The molecule has 0 aliphatic rings. The molecule has 5 amide bonds. The Morgan fingerprint density at radius 1 is 0.971 bits per heavy atom. The summed E-state index contributed by atoms with van der Waals surface area (Å²) < 4.78 is 0. The number of rotatable bonds is 15. The predicted molar refractivity (Wildman–Crippen MR) is 127 cm³/mol. The lowest BCUT2D eigenvalue weighted by Gasteiger charge is -2.24. The van der Waals surface area contributed by atoms with Gasteiger partial charge in [-0.1, -0.05) is 0 Å². The van der Waals surface area contributed by atoms with Crippen LogP contribution in [0.5, 0.6) is 0 Å². The van der Waals surface area contributed by atoms with Crippen LogP contribution in [0.1, 0.15) is 27.2 Å². The fourth-order valence-electron chi connectivity index (χ4n) is 2.27. The van der Waals surface area contributed by atoms with E-state index in [-0.39, 0.29) is 6.54 Å². The number of carboxylic acid groups (broad SMARTS) is 1. The Labute approximate surface area is 206 Å². The Hall–Kier alpha value is -2.56. The zero-order valence-electron chi connectivity index (χ0n) is 19.2. The third kappa shape index (κ3) is 12.6. The summed E-state index contributed by atoms with van der Waals surface area (Å²) in [4.78, 5) is 70.9. The molecular formula is C18H32N6O8S2. The Kier molecular flexibility index (Phi) is 13.5. The minimum Gasteiger partial charge on any atom is -0.479 e. The number of thioether (sulfide) groups is 1. The van der Waals surface area contributed by atoms with Gasteiger partial charge in [0.1, 0.15) is 18.1 Å². The van der Waals surface area contributed by atoms with Crippen molar-refractivity contribution in [1.82, 2.24) is 26.6 Å². The number of carbonyl (C=O) groups excluding carboxylic acids is 5. The first kappa shape index (κ1) is 31.4. The topological polar surface area (TPSA) is 229 Å². The van der Waals surface area contributed by atoms with Crippen molar-refractivity contribution in [3.63, 3.8) is 0 Å². The van der Waals surface area contributed by atoms with Gasteiger partial charge in [-0.3, -0.25) is 29.3 Å². The number of aliphatic carboxylic acids is 1. The molecule has 0 saturated carbocycles. The van der Waals surface area contributed by atoms with Crippen LogP contribution in [0.3, 0.4) is 0 Å². The van der Waals surface area contributed by atoms with Crippen molar-refractivity contribution in [3.8, 4) is 0 Å². The van der Waals surface area contributed by atoms with Crippen LogP contribution in [0.25, 0.3) is 0 Å². The standard InChI is InChI=1S/C18H32N6O8S2/c1-8(21-15(30)10(7-25)22-12(27)6-20-18(2,3)33)13(28)23-9(5-11(19)26)14(29)24-16(34-4)17(31)32/h8-10,16,20,25,33H,5-7H2,1-4H3,(H2,19,26)(H,21,30)(H,22,27)(H,23,28)(H,24,29)(H,31,32)/t8-,9-,10?,16?/m0/s1. The fraction of sp³-hybridized carbons (Fsp3) is 0.667. The number of amides is 5. The number of nitrogens with one attached hydrogen (secondary N) is 5. The lowest BCUT2D eigenvalue weighted by atomic mass is 10.1. The number of nitrogens with two attached hydrogens (primary N) is 1. The fourth-order valence-corrected chi connectivity index (χ4v) is 2.79. The first-order chi connectivity index (χ1) is 15.6. The van der Waals surface area contributed by atoms with Crippen molar-refractivity contribution in [2.24, 2.45) is 5.73 Å². The molecule has 0 aromatic rings. The molecule has 14 nitrogen and oxygen atoms in total. The van der Waals surface area contributed by atoms with E-state index in [2.05, 4.69) is 39.2 Å². The first-order valence-corrected chi connectivity index (χ1v) is 11.7. The predicted octanol–water partition coefficient (Wildman–Crippen LogP) is -3.53. The molecule has 34 heavy (non-hydrogen) atoms. The van der Waals surface area contributed by atoms with E-state index in [1.165, 1.54) is 13.2 Å². The maximum absolute atomic E-state index is 12.5. The maximum atomic E-state index is 12.5. The molecule has 0 aliphatic heterocycles. The molecule has 0 saturated heterocycles. The molecule has 4 atom stereocenters. The van der Waals surface area contributed by atoms with Crippen LogP contribution in [0, 0.1) is 0 Å². The van der Waals surface area contributed by atoms with E-state index in [4.69, 9.17) is 10.8 Å². The summed E-state index contributed by atoms with van der Waals surface area (Å²) in [5, 5.41) is 28.9. The molecule has 2 unspecified atom stereocenters. The quantitative estimate of drug-likeness (QED) is 0.0757. The highest BCUT2D eigenvalue weighted by Crippen LogP contribution is 2.06. The number of thiol groups is 1. The summed E-state index contributed by atoms with van der Waals surface area (Å²) in [5.41, 5.74) is 5.10. The SMILES string of the molecule is CSC(NC(=O)[C@H](CC(N)=O)NC(=O)[C@H](C)NC(=O)C(CO)NC(=O)CNC(C)(C)S)C(=O)O. The van der Waals surface area contributed by atoms with Crippen molar-refractivity contribution in [2.75, 3.05) is 19.4 Å². The van der Waals surface area contributed by atoms with Crippen LogP contribution < -0.4 is 32.3 Å². The molecule has 0 aliphatic carbocycles. The lowest BCUT2D eigenvalue weighted by molar-refractivity contribution is -0.140. The molecule has 16 heteroatoms. The molecule has 0 aromatic heterocycles. The average molecular weight is 525 g/mol. The van der Waals surface area contributed by atoms with Gasteiger partial charge in [0.05, 0.1) is 24.4 Å². The molecule has 0 heterocycles. The van der Waals surface area contributed by atoms with E-state index >= 15 is 0 Å². The van der Waals surface area contributed by atoms with E-state index in [1.54, 1.807) is 13.8 Å². The summed E-state index contributed by atoms with van der Waals surface area (Å²) in [6, 6.07) is -4.12. The van der Waals surface area contributed by atoms with E-state index in [1.807, 2.05) is 0 Å². The van der Waals surface area contributed by atoms with Crippen LogP contribution in [0.15, 0.2) is 0 Å². The Morgan fingerprint density at radius 2 is 1.53 bits per heavy atom. The summed E-state index contributed by atoms with van der Waals surface area (Å²) in [6.45, 7) is 3.72. The molecule has 0 fully saturated rings. The van der Waals surface area contributed by atoms with E-state index < -0.39 is 76.9 Å². The number of carbonyl (C=O) groups is 6. The third-order valence-corrected chi connectivity index (χ3v) is 4.99. The van der Waals surface area contributed by atoms with Crippen molar-refractivity contribution < 1.29 is 39.0 Å². The monoisotopic (exact) mass is 524 g/mol. The van der Waals surface area contributed by atoms with Gasteiger partial charge in [-0.2, -0.15) is 12.6 Å². The highest BCUT2D eigenvalue weighted by Gasteiger charge is 2.30. The van der Waals surface area contributed by atoms with Gasteiger partial charge in [0.2, 0.25) is 29.5 Å². The van der Waals surface area contributed by atoms with Gasteiger partial charge in [-0.05, 0) is 27.0 Å². The molecule has 0 bridgehead atoms. The summed E-state index contributed by atoms with van der Waals surface area (Å²) in [5.74, 6) is -5.62. The van der Waals surface area contributed by atoms with Gasteiger partial charge in [0.15, 0.2) is 5.37 Å². The van der Waals surface area contributed by atoms with Gasteiger partial charge in [0, 0.05) is 0 Å². The number of aliphatic hydroxyl groups excluding tert-OH is 1. The first-order valence-electron chi connectivity index (χ1n) is 9.93. The zero-order valence-corrected chi connectivity index (χ0v) is 20.9. The average Bonchev–Trinajstić information content (AvgIpc) is 2.72. The Bertz CT molecular complexity index is 776. The number of hydrogen-bond donors (Lipinski definition) is 9. The van der Waals surface area contributed by atoms with Gasteiger partial charge < -0.3 is 37.2 Å². The van der Waals surface area contributed by atoms with Gasteiger partial charge in [-0.15, -0.1) is 11.8 Å². The Morgan fingerprint density at radius 3 is 1.97 bits per heavy atom. The second-order valence-corrected chi connectivity index (χ2v) is 9.70. The molecule has 194 valence electrons. The second kappa shape index (κ2) is 14.6. The molecule has 0 radical (unpaired) electrons. The highest BCUT2D eigenvalue weighted by atomic mass is 32.2. The van der Waals surface area contributed by atoms with Crippen LogP contribution in [0.4, 0.5) is 0 Å². The molecule has 0 aromatic carbocycles. The van der Waals surface area contributed by atoms with Crippen molar-refractivity contribution in [1.29, 1.82) is 0 Å². The second-order valence-electron chi connectivity index (χ2n) is 7.64. The molecule has 0 rings (SSSR count). The summed E-state index contributed by atoms with van der Waals surface area (Å²) in [6.07, 6.45) is 0.812. The smallest absolute Gasteiger partial charge is 0.336 e. The van der Waals surface area contributed by atoms with Crippen molar-refractivity contribution in [2.45, 2.75) is 55.6 Å². The highest BCUT2D eigenvalue weighted by molar-refractivity contribution is 7.99. The number of hydrogen-bond acceptors (Lipinski definition) is 10.